The summed E-state index contributed by atoms with van der Waals surface area (Å²) in [6, 6.07) is 10.4. The summed E-state index contributed by atoms with van der Waals surface area (Å²) < 4.78 is 5.89. The predicted molar refractivity (Wildman–Crippen MR) is 105 cm³/mol. The molecule has 0 saturated carbocycles. The molecule has 0 N–H and O–H groups in total. The summed E-state index contributed by atoms with van der Waals surface area (Å²) in [5.41, 5.74) is 4.49. The van der Waals surface area contributed by atoms with E-state index < -0.39 is 5.97 Å². The van der Waals surface area contributed by atoms with E-state index >= 15 is 0 Å². The van der Waals surface area contributed by atoms with Crippen LogP contribution in [0.25, 0.3) is 10.2 Å². The Labute approximate surface area is 161 Å². The molecule has 1 aliphatic heterocycles. The van der Waals surface area contributed by atoms with Gasteiger partial charge in [-0.3, -0.25) is 4.90 Å². The average Bonchev–Trinajstić information content (AvgIpc) is 3.21. The first kappa shape index (κ1) is 17.8. The number of rotatable bonds is 4. The van der Waals surface area contributed by atoms with Crippen LogP contribution in [0.2, 0.25) is 0 Å². The maximum Gasteiger partial charge on any atom is 0.358 e. The first-order valence-corrected chi connectivity index (χ1v) is 9.78. The molecule has 8 heteroatoms. The summed E-state index contributed by atoms with van der Waals surface area (Å²) >= 11 is 1.67. The fourth-order valence-corrected chi connectivity index (χ4v) is 4.05. The van der Waals surface area contributed by atoms with Crippen LogP contribution in [0.1, 0.15) is 29.0 Å². The molecule has 1 atom stereocenters. The molecular formula is C19H21N5O2S. The first-order valence-electron chi connectivity index (χ1n) is 8.90. The van der Waals surface area contributed by atoms with E-state index in [0.29, 0.717) is 6.04 Å². The summed E-state index contributed by atoms with van der Waals surface area (Å²) in [7, 11) is 1.34. The third kappa shape index (κ3) is 3.63. The number of ether oxygens (including phenoxy) is 1. The van der Waals surface area contributed by atoms with Crippen LogP contribution in [0.5, 0.6) is 0 Å². The highest BCUT2D eigenvalue weighted by Gasteiger charge is 2.23. The van der Waals surface area contributed by atoms with E-state index in [2.05, 4.69) is 54.8 Å². The predicted octanol–water partition coefficient (Wildman–Crippen LogP) is 2.76. The van der Waals surface area contributed by atoms with Crippen LogP contribution < -0.4 is 4.90 Å². The van der Waals surface area contributed by atoms with Crippen molar-refractivity contribution in [2.24, 2.45) is 0 Å². The zero-order valence-electron chi connectivity index (χ0n) is 15.3. The Morgan fingerprint density at radius 2 is 1.96 bits per heavy atom. The van der Waals surface area contributed by atoms with Gasteiger partial charge in [-0.1, -0.05) is 6.07 Å². The molecule has 1 aromatic carbocycles. The topological polar surface area (TPSA) is 71.5 Å². The monoisotopic (exact) mass is 383 g/mol. The first-order chi connectivity index (χ1) is 13.2. The lowest BCUT2D eigenvalue weighted by Gasteiger charge is -2.38. The number of carbonyl (C=O) groups excluding carboxylic acids is 1. The van der Waals surface area contributed by atoms with Crippen molar-refractivity contribution in [3.63, 3.8) is 0 Å². The standard InChI is InChI=1S/C19H21N5O2S/c1-13(14-3-5-17-16(11-14)20-12-27-17)23-7-9-24(10-8-23)18-6-4-15(21-22-18)19(25)26-2/h3-6,11-13H,7-10H2,1-2H3/t13-/m0/s1. The van der Waals surface area contributed by atoms with Gasteiger partial charge >= 0.3 is 5.97 Å². The Balaban J connectivity index is 1.40. The highest BCUT2D eigenvalue weighted by Crippen LogP contribution is 2.27. The highest BCUT2D eigenvalue weighted by molar-refractivity contribution is 7.16. The summed E-state index contributed by atoms with van der Waals surface area (Å²) in [5, 5.41) is 8.14. The smallest absolute Gasteiger partial charge is 0.358 e. The van der Waals surface area contributed by atoms with Gasteiger partial charge < -0.3 is 9.64 Å². The molecule has 0 bridgehead atoms. The summed E-state index contributed by atoms with van der Waals surface area (Å²) in [5.74, 6) is 0.323. The lowest BCUT2D eigenvalue weighted by atomic mass is 10.1. The number of piperazine rings is 1. The van der Waals surface area contributed by atoms with Crippen LogP contribution in [-0.4, -0.2) is 59.3 Å². The molecule has 0 unspecified atom stereocenters. The number of esters is 1. The van der Waals surface area contributed by atoms with E-state index in [9.17, 15) is 4.79 Å². The van der Waals surface area contributed by atoms with Crippen molar-refractivity contribution >= 4 is 33.3 Å². The minimum atomic E-state index is -0.468. The Morgan fingerprint density at radius 1 is 1.15 bits per heavy atom. The van der Waals surface area contributed by atoms with Crippen molar-refractivity contribution in [3.05, 3.63) is 47.1 Å². The summed E-state index contributed by atoms with van der Waals surface area (Å²) in [6.45, 7) is 5.87. The number of methoxy groups -OCH3 is 1. The zero-order valence-corrected chi connectivity index (χ0v) is 16.1. The Bertz CT molecular complexity index is 935. The maximum atomic E-state index is 11.5. The van der Waals surface area contributed by atoms with Gasteiger partial charge in [-0.15, -0.1) is 21.5 Å². The van der Waals surface area contributed by atoms with Crippen molar-refractivity contribution in [3.8, 4) is 0 Å². The van der Waals surface area contributed by atoms with Gasteiger partial charge in [-0.25, -0.2) is 9.78 Å². The van der Waals surface area contributed by atoms with Crippen LogP contribution in [0, 0.1) is 0 Å². The molecule has 3 heterocycles. The van der Waals surface area contributed by atoms with Crippen LogP contribution in [0.4, 0.5) is 5.82 Å². The molecular weight excluding hydrogens is 362 g/mol. The van der Waals surface area contributed by atoms with Gasteiger partial charge in [0.2, 0.25) is 0 Å². The SMILES string of the molecule is COC(=O)c1ccc(N2CCN([C@@H](C)c3ccc4scnc4c3)CC2)nn1. The van der Waals surface area contributed by atoms with Crippen LogP contribution in [-0.2, 0) is 4.74 Å². The van der Waals surface area contributed by atoms with E-state index in [1.165, 1.54) is 17.4 Å². The van der Waals surface area contributed by atoms with Crippen LogP contribution in [0.15, 0.2) is 35.8 Å². The largest absolute Gasteiger partial charge is 0.464 e. The fourth-order valence-electron chi connectivity index (χ4n) is 3.39. The number of nitrogens with zero attached hydrogens (tertiary/aromatic N) is 5. The second-order valence-corrected chi connectivity index (χ2v) is 7.43. The third-order valence-electron chi connectivity index (χ3n) is 5.07. The number of aromatic nitrogens is 3. The van der Waals surface area contributed by atoms with Crippen molar-refractivity contribution in [2.75, 3.05) is 38.2 Å². The number of hydrogen-bond donors (Lipinski definition) is 0. The Hall–Kier alpha value is -2.58. The van der Waals surface area contributed by atoms with Gasteiger partial charge in [0.05, 0.1) is 22.8 Å². The number of fused-ring (bicyclic) bond motifs is 1. The summed E-state index contributed by atoms with van der Waals surface area (Å²) in [4.78, 5) is 20.6. The zero-order chi connectivity index (χ0) is 18.8. The number of carbonyl (C=O) groups is 1. The average molecular weight is 383 g/mol. The Morgan fingerprint density at radius 3 is 2.67 bits per heavy atom. The van der Waals surface area contributed by atoms with E-state index in [-0.39, 0.29) is 5.69 Å². The van der Waals surface area contributed by atoms with Gasteiger partial charge in [0.25, 0.3) is 0 Å². The van der Waals surface area contributed by atoms with E-state index in [4.69, 9.17) is 0 Å². The Kier molecular flexibility index (Phi) is 5.00. The lowest BCUT2D eigenvalue weighted by Crippen LogP contribution is -2.47. The molecule has 27 heavy (non-hydrogen) atoms. The molecule has 7 nitrogen and oxygen atoms in total. The molecule has 0 amide bonds. The molecule has 1 fully saturated rings. The number of benzene rings is 1. The van der Waals surface area contributed by atoms with E-state index in [1.54, 1.807) is 17.4 Å². The molecule has 1 aliphatic rings. The fraction of sp³-hybridized carbons (Fsp3) is 0.368. The van der Waals surface area contributed by atoms with Crippen molar-refractivity contribution < 1.29 is 9.53 Å². The van der Waals surface area contributed by atoms with Crippen molar-refractivity contribution in [2.45, 2.75) is 13.0 Å². The van der Waals surface area contributed by atoms with E-state index in [1.807, 2.05) is 11.6 Å². The second-order valence-electron chi connectivity index (χ2n) is 6.55. The molecule has 2 aromatic heterocycles. The van der Waals surface area contributed by atoms with Crippen molar-refractivity contribution in [1.82, 2.24) is 20.1 Å². The molecule has 4 rings (SSSR count). The quantitative estimate of drug-likeness (QED) is 0.642. The van der Waals surface area contributed by atoms with Crippen LogP contribution in [0.3, 0.4) is 0 Å². The third-order valence-corrected chi connectivity index (χ3v) is 5.88. The van der Waals surface area contributed by atoms with Gasteiger partial charge in [0, 0.05) is 32.2 Å². The number of hydrogen-bond acceptors (Lipinski definition) is 8. The molecule has 0 aliphatic carbocycles. The molecule has 0 radical (unpaired) electrons. The lowest BCUT2D eigenvalue weighted by molar-refractivity contribution is 0.0592. The van der Waals surface area contributed by atoms with Gasteiger partial charge in [0.15, 0.2) is 11.5 Å². The van der Waals surface area contributed by atoms with Gasteiger partial charge in [-0.2, -0.15) is 0 Å². The van der Waals surface area contributed by atoms with Crippen molar-refractivity contribution in [1.29, 1.82) is 0 Å². The van der Waals surface area contributed by atoms with Crippen LogP contribution >= 0.6 is 11.3 Å². The number of thiazole rings is 1. The number of anilines is 1. The minimum Gasteiger partial charge on any atom is -0.464 e. The second kappa shape index (κ2) is 7.58. The molecule has 140 valence electrons. The molecule has 0 spiro atoms. The highest BCUT2D eigenvalue weighted by atomic mass is 32.1. The normalized spacial score (nSPS) is 16.4. The minimum absolute atomic E-state index is 0.228. The maximum absolute atomic E-state index is 11.5. The van der Waals surface area contributed by atoms with Gasteiger partial charge in [0.1, 0.15) is 0 Å². The molecule has 1 saturated heterocycles. The summed E-state index contributed by atoms with van der Waals surface area (Å²) in [6.07, 6.45) is 0. The molecule has 3 aromatic rings. The van der Waals surface area contributed by atoms with E-state index in [0.717, 1.165) is 37.5 Å². The van der Waals surface area contributed by atoms with Gasteiger partial charge in [-0.05, 0) is 36.8 Å².